The molecule has 0 saturated carbocycles. The van der Waals surface area contributed by atoms with Gasteiger partial charge in [-0.2, -0.15) is 10.2 Å². The van der Waals surface area contributed by atoms with Crippen LogP contribution in [0, 0.1) is 17.1 Å². The molecule has 1 aliphatic heterocycles. The average molecular weight is 456 g/mol. The predicted octanol–water partition coefficient (Wildman–Crippen LogP) is 5.08. The number of nitrogens with zero attached hydrogens (tertiary/aromatic N) is 4. The lowest BCUT2D eigenvalue weighted by Crippen LogP contribution is -2.36. The van der Waals surface area contributed by atoms with Crippen LogP contribution in [0.3, 0.4) is 0 Å². The number of piperidine rings is 1. The summed E-state index contributed by atoms with van der Waals surface area (Å²) in [6, 6.07) is 17.2. The highest BCUT2D eigenvalue weighted by Crippen LogP contribution is 2.29. The number of likely N-dealkylation sites (tertiary alicyclic amines) is 1. The minimum absolute atomic E-state index is 0.280. The molecular weight excluding hydrogens is 429 g/mol. The summed E-state index contributed by atoms with van der Waals surface area (Å²) >= 11 is 0. The van der Waals surface area contributed by atoms with Crippen LogP contribution in [0.5, 0.6) is 0 Å². The van der Waals surface area contributed by atoms with E-state index in [0.29, 0.717) is 29.4 Å². The molecule has 1 aliphatic rings. The number of aromatic amines is 1. The van der Waals surface area contributed by atoms with E-state index in [1.807, 2.05) is 42.6 Å². The van der Waals surface area contributed by atoms with Crippen LogP contribution in [0.25, 0.3) is 22.3 Å². The van der Waals surface area contributed by atoms with E-state index in [2.05, 4.69) is 38.6 Å². The number of anilines is 3. The zero-order valence-electron chi connectivity index (χ0n) is 19.0. The van der Waals surface area contributed by atoms with Crippen molar-refractivity contribution in [1.82, 2.24) is 19.9 Å². The highest BCUT2D eigenvalue weighted by molar-refractivity contribution is 5.92. The first-order valence-corrected chi connectivity index (χ1v) is 11.4. The number of nitrogens with one attached hydrogen (secondary N) is 3. The summed E-state index contributed by atoms with van der Waals surface area (Å²) in [4.78, 5) is 14.7. The van der Waals surface area contributed by atoms with Gasteiger partial charge in [-0.05, 0) is 68.9 Å². The molecule has 2 aromatic heterocycles. The van der Waals surface area contributed by atoms with Crippen molar-refractivity contribution >= 4 is 28.4 Å². The van der Waals surface area contributed by atoms with Crippen LogP contribution in [-0.4, -0.2) is 46.0 Å². The molecule has 4 aromatic rings. The summed E-state index contributed by atoms with van der Waals surface area (Å²) in [7, 11) is 2.11. The van der Waals surface area contributed by atoms with Gasteiger partial charge in [-0.15, -0.1) is 0 Å². The number of hydrogen-bond donors (Lipinski definition) is 3. The molecule has 1 saturated heterocycles. The normalized spacial score (nSPS) is 14.7. The summed E-state index contributed by atoms with van der Waals surface area (Å²) in [5.74, 6) is 0.0559. The fraction of sp³-hybridized carbons (Fsp3) is 0.269. The molecule has 1 fully saturated rings. The number of hydrogen-bond acceptors (Lipinski definition) is 6. The molecule has 0 amide bonds. The van der Waals surface area contributed by atoms with Gasteiger partial charge < -0.3 is 20.5 Å². The first-order chi connectivity index (χ1) is 16.6. The lowest BCUT2D eigenvalue weighted by Gasteiger charge is -2.30. The Kier molecular flexibility index (Phi) is 6.11. The number of nitriles is 1. The summed E-state index contributed by atoms with van der Waals surface area (Å²) < 4.78 is 14.9. The van der Waals surface area contributed by atoms with Gasteiger partial charge in [0.15, 0.2) is 0 Å². The van der Waals surface area contributed by atoms with Crippen LogP contribution in [0.1, 0.15) is 18.4 Å². The van der Waals surface area contributed by atoms with Crippen LogP contribution in [0.4, 0.5) is 21.7 Å². The Labute approximate surface area is 197 Å². The fourth-order valence-electron chi connectivity index (χ4n) is 4.35. The van der Waals surface area contributed by atoms with Gasteiger partial charge in [-0.3, -0.25) is 0 Å². The van der Waals surface area contributed by atoms with E-state index in [0.717, 1.165) is 48.1 Å². The fourth-order valence-corrected chi connectivity index (χ4v) is 4.35. The standard InChI is InChI=1S/C26H26FN7/c1-34-13-9-19(10-14-34)30-23-6-5-20(16-22(23)27)31-26-32-24(21-8-12-29-25(21)33-26)18-4-2-3-17(15-18)7-11-28/h2-6,8,12,15-16,19,30H,7,9-10,13-14H2,1H3,(H2,29,31,32,33). The Morgan fingerprint density at radius 2 is 2.00 bits per heavy atom. The Morgan fingerprint density at radius 3 is 2.79 bits per heavy atom. The average Bonchev–Trinajstić information content (AvgIpc) is 3.31. The quantitative estimate of drug-likeness (QED) is 0.376. The van der Waals surface area contributed by atoms with E-state index in [4.69, 9.17) is 10.2 Å². The minimum atomic E-state index is -0.311. The van der Waals surface area contributed by atoms with Crippen LogP contribution in [-0.2, 0) is 6.42 Å². The molecule has 0 unspecified atom stereocenters. The van der Waals surface area contributed by atoms with Gasteiger partial charge in [0.05, 0.1) is 23.9 Å². The number of benzene rings is 2. The van der Waals surface area contributed by atoms with Gasteiger partial charge in [0.2, 0.25) is 5.95 Å². The van der Waals surface area contributed by atoms with Gasteiger partial charge >= 0.3 is 0 Å². The van der Waals surface area contributed by atoms with Crippen molar-refractivity contribution in [2.75, 3.05) is 30.8 Å². The lowest BCUT2D eigenvalue weighted by molar-refractivity contribution is 0.263. The lowest BCUT2D eigenvalue weighted by atomic mass is 10.0. The smallest absolute Gasteiger partial charge is 0.229 e. The molecule has 5 rings (SSSR count). The van der Waals surface area contributed by atoms with Gasteiger partial charge in [0.1, 0.15) is 11.5 Å². The molecule has 3 N–H and O–H groups in total. The van der Waals surface area contributed by atoms with Gasteiger partial charge in [-0.25, -0.2) is 9.37 Å². The van der Waals surface area contributed by atoms with Crippen molar-refractivity contribution in [1.29, 1.82) is 5.26 Å². The molecule has 0 atom stereocenters. The Bertz CT molecular complexity index is 1350. The highest BCUT2D eigenvalue weighted by Gasteiger charge is 2.18. The SMILES string of the molecule is CN1CCC(Nc2ccc(Nc3nc(-c4cccc(CC#N)c4)c4cc[nH]c4n3)cc2F)CC1. The summed E-state index contributed by atoms with van der Waals surface area (Å²) in [6.45, 7) is 2.03. The molecule has 0 bridgehead atoms. The third-order valence-corrected chi connectivity index (χ3v) is 6.20. The van der Waals surface area contributed by atoms with E-state index >= 15 is 0 Å². The molecule has 2 aromatic carbocycles. The van der Waals surface area contributed by atoms with Crippen LogP contribution in [0.2, 0.25) is 0 Å². The Balaban J connectivity index is 1.39. The molecule has 172 valence electrons. The number of fused-ring (bicyclic) bond motifs is 1. The zero-order chi connectivity index (χ0) is 23.5. The van der Waals surface area contributed by atoms with E-state index in [-0.39, 0.29) is 11.9 Å². The van der Waals surface area contributed by atoms with Crippen LogP contribution in [0.15, 0.2) is 54.7 Å². The maximum Gasteiger partial charge on any atom is 0.229 e. The van der Waals surface area contributed by atoms with E-state index in [1.165, 1.54) is 6.07 Å². The van der Waals surface area contributed by atoms with Crippen molar-refractivity contribution in [2.24, 2.45) is 0 Å². The largest absolute Gasteiger partial charge is 0.380 e. The van der Waals surface area contributed by atoms with Gasteiger partial charge in [0, 0.05) is 28.9 Å². The molecule has 7 nitrogen and oxygen atoms in total. The predicted molar refractivity (Wildman–Crippen MR) is 132 cm³/mol. The molecule has 8 heteroatoms. The first kappa shape index (κ1) is 21.9. The molecule has 0 radical (unpaired) electrons. The third kappa shape index (κ3) is 4.70. The maximum atomic E-state index is 14.9. The molecule has 3 heterocycles. The molecule has 0 spiro atoms. The number of rotatable bonds is 6. The van der Waals surface area contributed by atoms with Crippen molar-refractivity contribution in [3.8, 4) is 17.3 Å². The first-order valence-electron chi connectivity index (χ1n) is 11.4. The molecule has 0 aliphatic carbocycles. The summed E-state index contributed by atoms with van der Waals surface area (Å²) in [5, 5.41) is 16.4. The van der Waals surface area contributed by atoms with E-state index in [1.54, 1.807) is 6.07 Å². The third-order valence-electron chi connectivity index (χ3n) is 6.20. The van der Waals surface area contributed by atoms with Crippen LogP contribution < -0.4 is 10.6 Å². The zero-order valence-corrected chi connectivity index (χ0v) is 19.0. The van der Waals surface area contributed by atoms with Crippen molar-refractivity contribution in [3.05, 3.63) is 66.1 Å². The topological polar surface area (TPSA) is 92.7 Å². The van der Waals surface area contributed by atoms with Crippen molar-refractivity contribution in [2.45, 2.75) is 25.3 Å². The number of aromatic nitrogens is 3. The Morgan fingerprint density at radius 1 is 1.15 bits per heavy atom. The van der Waals surface area contributed by atoms with E-state index < -0.39 is 0 Å². The maximum absolute atomic E-state index is 14.9. The van der Waals surface area contributed by atoms with Gasteiger partial charge in [0.25, 0.3) is 0 Å². The van der Waals surface area contributed by atoms with Crippen molar-refractivity contribution in [3.63, 3.8) is 0 Å². The second-order valence-electron chi connectivity index (χ2n) is 8.71. The molecular formula is C26H26FN7. The molecule has 34 heavy (non-hydrogen) atoms. The second kappa shape index (κ2) is 9.49. The Hall–Kier alpha value is -3.96. The number of H-pyrrole nitrogens is 1. The van der Waals surface area contributed by atoms with Crippen LogP contribution >= 0.6 is 0 Å². The summed E-state index contributed by atoms with van der Waals surface area (Å²) in [5.41, 5.74) is 4.32. The van der Waals surface area contributed by atoms with Gasteiger partial charge in [-0.1, -0.05) is 18.2 Å². The van der Waals surface area contributed by atoms with E-state index in [9.17, 15) is 4.39 Å². The second-order valence-corrected chi connectivity index (χ2v) is 8.71. The highest BCUT2D eigenvalue weighted by atomic mass is 19.1. The van der Waals surface area contributed by atoms with Crippen molar-refractivity contribution < 1.29 is 4.39 Å². The minimum Gasteiger partial charge on any atom is -0.380 e. The number of halogens is 1. The monoisotopic (exact) mass is 455 g/mol. The summed E-state index contributed by atoms with van der Waals surface area (Å²) in [6.07, 6.45) is 4.14.